The lowest BCUT2D eigenvalue weighted by Crippen LogP contribution is -2.49. The van der Waals surface area contributed by atoms with Crippen molar-refractivity contribution in [2.24, 2.45) is 0 Å². The maximum atomic E-state index is 12.4. The highest BCUT2D eigenvalue weighted by molar-refractivity contribution is 5.97. The Hall–Kier alpha value is -2.73. The van der Waals surface area contributed by atoms with E-state index in [9.17, 15) is 9.59 Å². The van der Waals surface area contributed by atoms with Crippen molar-refractivity contribution in [3.05, 3.63) is 66.0 Å². The molecule has 0 saturated carbocycles. The summed E-state index contributed by atoms with van der Waals surface area (Å²) in [6.45, 7) is 1.16. The van der Waals surface area contributed by atoms with Crippen molar-refractivity contribution in [3.8, 4) is 0 Å². The molecule has 0 saturated heterocycles. The summed E-state index contributed by atoms with van der Waals surface area (Å²) < 4.78 is 0. The predicted molar refractivity (Wildman–Crippen MR) is 92.6 cm³/mol. The van der Waals surface area contributed by atoms with E-state index >= 15 is 0 Å². The summed E-state index contributed by atoms with van der Waals surface area (Å²) in [7, 11) is 1.82. The van der Waals surface area contributed by atoms with E-state index < -0.39 is 6.04 Å². The number of rotatable bonds is 8. The summed E-state index contributed by atoms with van der Waals surface area (Å²) in [5, 5.41) is 8.60. The van der Waals surface area contributed by atoms with E-state index in [2.05, 4.69) is 20.9 Å². The van der Waals surface area contributed by atoms with Crippen LogP contribution >= 0.6 is 0 Å². The van der Waals surface area contributed by atoms with Gasteiger partial charge >= 0.3 is 0 Å². The number of aromatic nitrogens is 1. The minimum Gasteiger partial charge on any atom is -0.353 e. The van der Waals surface area contributed by atoms with E-state index in [4.69, 9.17) is 0 Å². The third kappa shape index (κ3) is 5.48. The van der Waals surface area contributed by atoms with Crippen molar-refractivity contribution in [2.75, 3.05) is 20.1 Å². The summed E-state index contributed by atoms with van der Waals surface area (Å²) >= 11 is 0. The first kappa shape index (κ1) is 17.6. The van der Waals surface area contributed by atoms with Gasteiger partial charge in [0.05, 0.1) is 0 Å². The fraction of sp³-hybridized carbons (Fsp3) is 0.278. The summed E-state index contributed by atoms with van der Waals surface area (Å²) in [4.78, 5) is 28.8. The third-order valence-corrected chi connectivity index (χ3v) is 3.49. The van der Waals surface area contributed by atoms with Crippen LogP contribution < -0.4 is 16.0 Å². The number of carbonyl (C=O) groups excluding carboxylic acids is 2. The second kappa shape index (κ2) is 9.42. The zero-order valence-corrected chi connectivity index (χ0v) is 13.7. The molecule has 6 heteroatoms. The van der Waals surface area contributed by atoms with Crippen LogP contribution in [0.2, 0.25) is 0 Å². The Bertz CT molecular complexity index is 647. The molecule has 126 valence electrons. The molecule has 0 spiro atoms. The first-order chi connectivity index (χ1) is 11.7. The molecular weight excluding hydrogens is 304 g/mol. The van der Waals surface area contributed by atoms with Crippen molar-refractivity contribution in [1.82, 2.24) is 20.9 Å². The number of likely N-dealkylation sites (N-methyl/N-ethyl adjacent to an activating group) is 1. The molecule has 0 radical (unpaired) electrons. The average molecular weight is 326 g/mol. The van der Waals surface area contributed by atoms with Crippen LogP contribution in [-0.4, -0.2) is 43.0 Å². The number of benzene rings is 1. The Balaban J connectivity index is 2.06. The summed E-state index contributed by atoms with van der Waals surface area (Å²) in [5.41, 5.74) is 1.41. The highest BCUT2D eigenvalue weighted by atomic mass is 16.2. The lowest BCUT2D eigenvalue weighted by Gasteiger charge is -2.18. The molecule has 2 amide bonds. The predicted octanol–water partition coefficient (Wildman–Crippen LogP) is 0.758. The van der Waals surface area contributed by atoms with Crippen LogP contribution in [0.3, 0.4) is 0 Å². The number of nitrogens with zero attached hydrogens (tertiary/aromatic N) is 1. The van der Waals surface area contributed by atoms with E-state index in [1.807, 2.05) is 25.2 Å². The molecule has 2 rings (SSSR count). The Morgan fingerprint density at radius 2 is 1.88 bits per heavy atom. The van der Waals surface area contributed by atoms with E-state index in [0.717, 1.165) is 5.56 Å². The molecule has 2 aromatic rings. The molecule has 1 heterocycles. The van der Waals surface area contributed by atoms with Gasteiger partial charge in [-0.05, 0) is 30.8 Å². The van der Waals surface area contributed by atoms with Crippen molar-refractivity contribution in [3.63, 3.8) is 0 Å². The number of pyridine rings is 1. The fourth-order valence-corrected chi connectivity index (χ4v) is 2.23. The van der Waals surface area contributed by atoms with Gasteiger partial charge in [0.1, 0.15) is 6.04 Å². The van der Waals surface area contributed by atoms with Gasteiger partial charge in [0.2, 0.25) is 5.91 Å². The molecule has 1 atom stereocenters. The first-order valence-electron chi connectivity index (χ1n) is 7.88. The Kier molecular flexibility index (Phi) is 6.91. The Morgan fingerprint density at radius 3 is 2.54 bits per heavy atom. The SMILES string of the molecule is CNCCNC(=O)C(Cc1cccnc1)NC(=O)c1ccccc1. The quantitative estimate of drug-likeness (QED) is 0.626. The molecular formula is C18H22N4O2. The van der Waals surface area contributed by atoms with Crippen LogP contribution in [0.1, 0.15) is 15.9 Å². The second-order valence-corrected chi connectivity index (χ2v) is 5.35. The van der Waals surface area contributed by atoms with Gasteiger partial charge in [-0.15, -0.1) is 0 Å². The summed E-state index contributed by atoms with van der Waals surface area (Å²) in [6, 6.07) is 11.9. The maximum absolute atomic E-state index is 12.4. The van der Waals surface area contributed by atoms with Crippen molar-refractivity contribution in [2.45, 2.75) is 12.5 Å². The van der Waals surface area contributed by atoms with Gasteiger partial charge < -0.3 is 16.0 Å². The lowest BCUT2D eigenvalue weighted by atomic mass is 10.1. The van der Waals surface area contributed by atoms with E-state index in [1.165, 1.54) is 0 Å². The van der Waals surface area contributed by atoms with E-state index in [0.29, 0.717) is 25.1 Å². The van der Waals surface area contributed by atoms with Crippen LogP contribution in [0.5, 0.6) is 0 Å². The van der Waals surface area contributed by atoms with Gasteiger partial charge in [-0.3, -0.25) is 14.6 Å². The normalized spacial score (nSPS) is 11.5. The highest BCUT2D eigenvalue weighted by Gasteiger charge is 2.21. The van der Waals surface area contributed by atoms with Gasteiger partial charge in [0, 0.05) is 37.5 Å². The molecule has 1 unspecified atom stereocenters. The third-order valence-electron chi connectivity index (χ3n) is 3.49. The van der Waals surface area contributed by atoms with E-state index in [-0.39, 0.29) is 11.8 Å². The van der Waals surface area contributed by atoms with Gasteiger partial charge in [-0.2, -0.15) is 0 Å². The summed E-state index contributed by atoms with van der Waals surface area (Å²) in [5.74, 6) is -0.480. The monoisotopic (exact) mass is 326 g/mol. The minimum absolute atomic E-state index is 0.210. The Labute approximate surface area is 141 Å². The molecule has 24 heavy (non-hydrogen) atoms. The smallest absolute Gasteiger partial charge is 0.251 e. The van der Waals surface area contributed by atoms with Crippen LogP contribution in [0, 0.1) is 0 Å². The minimum atomic E-state index is -0.654. The molecule has 0 bridgehead atoms. The molecule has 1 aromatic heterocycles. The highest BCUT2D eigenvalue weighted by Crippen LogP contribution is 2.04. The first-order valence-corrected chi connectivity index (χ1v) is 7.88. The number of nitrogens with one attached hydrogen (secondary N) is 3. The zero-order chi connectivity index (χ0) is 17.2. The number of hydrogen-bond donors (Lipinski definition) is 3. The zero-order valence-electron chi connectivity index (χ0n) is 13.7. The molecule has 3 N–H and O–H groups in total. The second-order valence-electron chi connectivity index (χ2n) is 5.35. The fourth-order valence-electron chi connectivity index (χ4n) is 2.23. The van der Waals surface area contributed by atoms with Crippen LogP contribution in [0.25, 0.3) is 0 Å². The van der Waals surface area contributed by atoms with Gasteiger partial charge in [0.15, 0.2) is 0 Å². The van der Waals surface area contributed by atoms with Gasteiger partial charge in [-0.25, -0.2) is 0 Å². The van der Waals surface area contributed by atoms with Crippen molar-refractivity contribution < 1.29 is 9.59 Å². The Morgan fingerprint density at radius 1 is 1.08 bits per heavy atom. The van der Waals surface area contributed by atoms with Crippen LogP contribution in [0.15, 0.2) is 54.9 Å². The maximum Gasteiger partial charge on any atom is 0.251 e. The topological polar surface area (TPSA) is 83.1 Å². The largest absolute Gasteiger partial charge is 0.353 e. The van der Waals surface area contributed by atoms with Gasteiger partial charge in [-0.1, -0.05) is 24.3 Å². The molecule has 1 aromatic carbocycles. The van der Waals surface area contributed by atoms with Crippen molar-refractivity contribution in [1.29, 1.82) is 0 Å². The standard InChI is InChI=1S/C18H22N4O2/c1-19-10-11-21-18(24)16(12-14-6-5-9-20-13-14)22-17(23)15-7-3-2-4-8-15/h2-9,13,16,19H,10-12H2,1H3,(H,21,24)(H,22,23). The number of amides is 2. The molecule has 0 aliphatic rings. The number of carbonyl (C=O) groups is 2. The lowest BCUT2D eigenvalue weighted by molar-refractivity contribution is -0.122. The summed E-state index contributed by atoms with van der Waals surface area (Å²) in [6.07, 6.45) is 3.76. The molecule has 0 fully saturated rings. The van der Waals surface area contributed by atoms with Gasteiger partial charge in [0.25, 0.3) is 5.91 Å². The van der Waals surface area contributed by atoms with Crippen molar-refractivity contribution >= 4 is 11.8 Å². The van der Waals surface area contributed by atoms with Crippen LogP contribution in [-0.2, 0) is 11.2 Å². The molecule has 0 aliphatic heterocycles. The molecule has 0 aliphatic carbocycles. The van der Waals surface area contributed by atoms with E-state index in [1.54, 1.807) is 36.7 Å². The molecule has 6 nitrogen and oxygen atoms in total. The van der Waals surface area contributed by atoms with Crippen LogP contribution in [0.4, 0.5) is 0 Å². The average Bonchev–Trinajstić information content (AvgIpc) is 2.63. The number of hydrogen-bond acceptors (Lipinski definition) is 4.